The molecule has 0 spiro atoms. The molecule has 0 unspecified atom stereocenters. The first-order valence-corrected chi connectivity index (χ1v) is 14.8. The zero-order chi connectivity index (χ0) is 27.9. The standard InChI is InChI=1S/C34H35N3O2S/c1-21-10-8-14-25-27(31(37-30(21)25)22-11-6-5-7-12-22)20-36-33-29(32(38)35-19-24-13-9-17-39-24)26-16-15-23(34(2,3)4)18-28(26)40-33/h5-14,17,20,23,37H,15-16,18-19H2,1-4H3,(H,35,38)/t23-/m1/s1. The smallest absolute Gasteiger partial charge is 0.255 e. The summed E-state index contributed by atoms with van der Waals surface area (Å²) in [6.07, 6.45) is 6.54. The van der Waals surface area contributed by atoms with Crippen molar-refractivity contribution in [3.8, 4) is 11.3 Å². The fraction of sp³-hybridized carbons (Fsp3) is 0.294. The molecule has 3 heterocycles. The second kappa shape index (κ2) is 10.6. The second-order valence-corrected chi connectivity index (χ2v) is 12.9. The van der Waals surface area contributed by atoms with E-state index >= 15 is 0 Å². The number of para-hydroxylation sites is 1. The van der Waals surface area contributed by atoms with E-state index in [0.717, 1.165) is 63.3 Å². The largest absolute Gasteiger partial charge is 0.467 e. The number of aliphatic imine (C=N–C) groups is 1. The van der Waals surface area contributed by atoms with E-state index in [2.05, 4.69) is 80.5 Å². The van der Waals surface area contributed by atoms with Crippen molar-refractivity contribution in [1.29, 1.82) is 0 Å². The Hall–Kier alpha value is -3.90. The fourth-order valence-electron chi connectivity index (χ4n) is 5.78. The van der Waals surface area contributed by atoms with Crippen LogP contribution in [0.15, 0.2) is 76.3 Å². The average Bonchev–Trinajstić information content (AvgIpc) is 3.68. The highest BCUT2D eigenvalue weighted by molar-refractivity contribution is 7.16. The fourth-order valence-corrected chi connectivity index (χ4v) is 7.05. The number of aryl methyl sites for hydroxylation is 1. The van der Waals surface area contributed by atoms with Gasteiger partial charge < -0.3 is 14.7 Å². The number of benzene rings is 2. The van der Waals surface area contributed by atoms with Crippen LogP contribution in [-0.4, -0.2) is 17.1 Å². The van der Waals surface area contributed by atoms with Crippen molar-refractivity contribution in [2.45, 2.75) is 53.5 Å². The minimum atomic E-state index is -0.0895. The van der Waals surface area contributed by atoms with Crippen molar-refractivity contribution < 1.29 is 9.21 Å². The SMILES string of the molecule is Cc1cccc2c(C=Nc3sc4c(c3C(=O)NCc3ccco3)CC[C@@H](C(C)(C)C)C4)c(-c3ccccc3)[nH]c12. The molecule has 0 bridgehead atoms. The Morgan fingerprint density at radius 1 is 1.12 bits per heavy atom. The first-order chi connectivity index (χ1) is 19.3. The third-order valence-electron chi connectivity index (χ3n) is 8.16. The molecule has 0 saturated carbocycles. The number of furan rings is 1. The Morgan fingerprint density at radius 2 is 1.95 bits per heavy atom. The molecule has 5 aromatic rings. The lowest BCUT2D eigenvalue weighted by atomic mass is 9.72. The van der Waals surface area contributed by atoms with Crippen molar-refractivity contribution in [1.82, 2.24) is 10.3 Å². The summed E-state index contributed by atoms with van der Waals surface area (Å²) in [7, 11) is 0. The van der Waals surface area contributed by atoms with E-state index in [1.807, 2.05) is 24.4 Å². The maximum atomic E-state index is 13.7. The van der Waals surface area contributed by atoms with Crippen LogP contribution in [0.25, 0.3) is 22.2 Å². The first-order valence-electron chi connectivity index (χ1n) is 14.0. The summed E-state index contributed by atoms with van der Waals surface area (Å²) in [6.45, 7) is 9.42. The van der Waals surface area contributed by atoms with E-state index in [-0.39, 0.29) is 11.3 Å². The number of hydrogen-bond acceptors (Lipinski definition) is 4. The van der Waals surface area contributed by atoms with Crippen LogP contribution in [0, 0.1) is 18.3 Å². The summed E-state index contributed by atoms with van der Waals surface area (Å²) in [5.74, 6) is 1.22. The number of nitrogens with one attached hydrogen (secondary N) is 2. The minimum absolute atomic E-state index is 0.0895. The van der Waals surface area contributed by atoms with Gasteiger partial charge in [-0.05, 0) is 66.3 Å². The molecule has 1 atom stereocenters. The van der Waals surface area contributed by atoms with Crippen LogP contribution < -0.4 is 5.32 Å². The number of H-pyrrole nitrogens is 1. The highest BCUT2D eigenvalue weighted by Gasteiger charge is 2.33. The third-order valence-corrected chi connectivity index (χ3v) is 9.32. The van der Waals surface area contributed by atoms with Crippen LogP contribution in [0.1, 0.15) is 64.9 Å². The van der Waals surface area contributed by atoms with E-state index in [4.69, 9.17) is 9.41 Å². The molecule has 1 amide bonds. The van der Waals surface area contributed by atoms with Gasteiger partial charge in [-0.15, -0.1) is 11.3 Å². The van der Waals surface area contributed by atoms with Gasteiger partial charge in [0.1, 0.15) is 10.8 Å². The highest BCUT2D eigenvalue weighted by Crippen LogP contribution is 2.45. The molecule has 0 aliphatic heterocycles. The number of aromatic amines is 1. The molecule has 2 N–H and O–H groups in total. The molecule has 6 heteroatoms. The number of hydrogen-bond donors (Lipinski definition) is 2. The number of nitrogens with zero attached hydrogens (tertiary/aromatic N) is 1. The Labute approximate surface area is 239 Å². The molecule has 3 aromatic heterocycles. The lowest BCUT2D eigenvalue weighted by Gasteiger charge is -2.33. The predicted octanol–water partition coefficient (Wildman–Crippen LogP) is 8.63. The topological polar surface area (TPSA) is 70.4 Å². The molecule has 0 radical (unpaired) electrons. The van der Waals surface area contributed by atoms with Gasteiger partial charge in [-0.1, -0.05) is 69.3 Å². The van der Waals surface area contributed by atoms with E-state index in [0.29, 0.717) is 18.0 Å². The number of amides is 1. The van der Waals surface area contributed by atoms with Gasteiger partial charge in [0.05, 0.1) is 24.1 Å². The van der Waals surface area contributed by atoms with Gasteiger partial charge in [-0.2, -0.15) is 0 Å². The summed E-state index contributed by atoms with van der Waals surface area (Å²) in [4.78, 5) is 23.7. The van der Waals surface area contributed by atoms with Gasteiger partial charge >= 0.3 is 0 Å². The molecular weight excluding hydrogens is 514 g/mol. The van der Waals surface area contributed by atoms with Crippen LogP contribution in [0.2, 0.25) is 0 Å². The molecule has 1 aliphatic rings. The molecule has 5 nitrogen and oxygen atoms in total. The van der Waals surface area contributed by atoms with Gasteiger partial charge in [-0.25, -0.2) is 4.99 Å². The van der Waals surface area contributed by atoms with Crippen LogP contribution in [0.4, 0.5) is 5.00 Å². The Bertz CT molecular complexity index is 1680. The number of fused-ring (bicyclic) bond motifs is 2. The van der Waals surface area contributed by atoms with E-state index in [9.17, 15) is 4.79 Å². The predicted molar refractivity (Wildman–Crippen MR) is 165 cm³/mol. The number of rotatable bonds is 6. The zero-order valence-electron chi connectivity index (χ0n) is 23.5. The molecule has 0 fully saturated rings. The monoisotopic (exact) mass is 549 g/mol. The van der Waals surface area contributed by atoms with Gasteiger partial charge in [0.25, 0.3) is 5.91 Å². The maximum absolute atomic E-state index is 13.7. The number of thiophene rings is 1. The average molecular weight is 550 g/mol. The molecule has 0 saturated heterocycles. The lowest BCUT2D eigenvalue weighted by Crippen LogP contribution is -2.28. The molecule has 204 valence electrons. The second-order valence-electron chi connectivity index (χ2n) is 11.8. The quantitative estimate of drug-likeness (QED) is 0.208. The van der Waals surface area contributed by atoms with Crippen molar-refractivity contribution >= 4 is 39.4 Å². The van der Waals surface area contributed by atoms with E-state index < -0.39 is 0 Å². The van der Waals surface area contributed by atoms with Gasteiger partial charge in [0.15, 0.2) is 0 Å². The number of aromatic nitrogens is 1. The Morgan fingerprint density at radius 3 is 2.70 bits per heavy atom. The highest BCUT2D eigenvalue weighted by atomic mass is 32.1. The van der Waals surface area contributed by atoms with Crippen LogP contribution in [-0.2, 0) is 19.4 Å². The van der Waals surface area contributed by atoms with Gasteiger partial charge in [0.2, 0.25) is 0 Å². The molecule has 1 aliphatic carbocycles. The van der Waals surface area contributed by atoms with Crippen molar-refractivity contribution in [2.75, 3.05) is 0 Å². The summed E-state index contributed by atoms with van der Waals surface area (Å²) in [6, 6.07) is 20.4. The van der Waals surface area contributed by atoms with Crippen LogP contribution in [0.3, 0.4) is 0 Å². The molecular formula is C34H35N3O2S. The number of carbonyl (C=O) groups excluding carboxylic acids is 1. The van der Waals surface area contributed by atoms with Crippen molar-refractivity contribution in [2.24, 2.45) is 16.3 Å². The zero-order valence-corrected chi connectivity index (χ0v) is 24.3. The normalized spacial score (nSPS) is 15.6. The van der Waals surface area contributed by atoms with Gasteiger partial charge in [-0.3, -0.25) is 4.79 Å². The van der Waals surface area contributed by atoms with Gasteiger partial charge in [0, 0.05) is 27.6 Å². The third kappa shape index (κ3) is 5.04. The summed E-state index contributed by atoms with van der Waals surface area (Å²) in [5, 5.41) is 4.98. The van der Waals surface area contributed by atoms with E-state index in [1.54, 1.807) is 17.6 Å². The summed E-state index contributed by atoms with van der Waals surface area (Å²) in [5.41, 5.74) is 7.57. The maximum Gasteiger partial charge on any atom is 0.255 e. The Balaban J connectivity index is 1.43. The number of carbonyl (C=O) groups is 1. The van der Waals surface area contributed by atoms with E-state index in [1.165, 1.54) is 10.4 Å². The lowest BCUT2D eigenvalue weighted by molar-refractivity contribution is 0.0947. The Kier molecular flexibility index (Phi) is 6.97. The van der Waals surface area contributed by atoms with Crippen LogP contribution >= 0.6 is 11.3 Å². The van der Waals surface area contributed by atoms with Crippen molar-refractivity contribution in [3.05, 3.63) is 99.8 Å². The molecule has 6 rings (SSSR count). The first kappa shape index (κ1) is 26.3. The minimum Gasteiger partial charge on any atom is -0.467 e. The van der Waals surface area contributed by atoms with Crippen LogP contribution in [0.5, 0.6) is 0 Å². The summed E-state index contributed by atoms with van der Waals surface area (Å²) < 4.78 is 5.45. The molecule has 40 heavy (non-hydrogen) atoms. The van der Waals surface area contributed by atoms with Crippen molar-refractivity contribution in [3.63, 3.8) is 0 Å². The molecule has 2 aromatic carbocycles. The summed E-state index contributed by atoms with van der Waals surface area (Å²) >= 11 is 1.67.